The van der Waals surface area contributed by atoms with Crippen LogP contribution in [0.25, 0.3) is 11.1 Å². The molecule has 2 rings (SSSR count). The lowest BCUT2D eigenvalue weighted by molar-refractivity contribution is 0.0988. The van der Waals surface area contributed by atoms with Crippen molar-refractivity contribution in [2.75, 3.05) is 0 Å². The average Bonchev–Trinajstić information content (AvgIpc) is 2.46. The number of carbonyl (C=O) groups excluding carboxylic acids is 1. The average molecular weight is 266 g/mol. The van der Waals surface area contributed by atoms with Crippen LogP contribution in [0.15, 0.2) is 48.5 Å². The SMILES string of the molecule is CCC(=O)c1cccc(-c2cccc(CC(C)C)c2)c1. The standard InChI is InChI=1S/C19H22O/c1-4-19(20)18-10-6-9-17(13-18)16-8-5-7-15(12-16)11-14(2)3/h5-10,12-14H,4,11H2,1-3H3. The summed E-state index contributed by atoms with van der Waals surface area (Å²) in [4.78, 5) is 11.8. The Labute approximate surface area is 121 Å². The van der Waals surface area contributed by atoms with E-state index in [4.69, 9.17) is 0 Å². The quantitative estimate of drug-likeness (QED) is 0.684. The minimum absolute atomic E-state index is 0.199. The van der Waals surface area contributed by atoms with Crippen LogP contribution in [0.3, 0.4) is 0 Å². The highest BCUT2D eigenvalue weighted by molar-refractivity contribution is 5.97. The van der Waals surface area contributed by atoms with Crippen molar-refractivity contribution in [3.05, 3.63) is 59.7 Å². The molecule has 0 heterocycles. The van der Waals surface area contributed by atoms with Gasteiger partial charge >= 0.3 is 0 Å². The van der Waals surface area contributed by atoms with Crippen LogP contribution in [0.4, 0.5) is 0 Å². The van der Waals surface area contributed by atoms with Crippen molar-refractivity contribution in [3.8, 4) is 11.1 Å². The summed E-state index contributed by atoms with van der Waals surface area (Å²) in [6.07, 6.45) is 1.64. The van der Waals surface area contributed by atoms with Gasteiger partial charge in [-0.3, -0.25) is 4.79 Å². The number of rotatable bonds is 5. The lowest BCUT2D eigenvalue weighted by atomic mass is 9.96. The van der Waals surface area contributed by atoms with Crippen LogP contribution in [0, 0.1) is 5.92 Å². The molecular weight excluding hydrogens is 244 g/mol. The Hall–Kier alpha value is -1.89. The number of benzene rings is 2. The molecule has 0 radical (unpaired) electrons. The van der Waals surface area contributed by atoms with Gasteiger partial charge in [-0.05, 0) is 35.1 Å². The summed E-state index contributed by atoms with van der Waals surface area (Å²) in [6, 6.07) is 16.5. The van der Waals surface area contributed by atoms with E-state index in [2.05, 4.69) is 44.2 Å². The van der Waals surface area contributed by atoms with Crippen LogP contribution < -0.4 is 0 Å². The minimum atomic E-state index is 0.199. The van der Waals surface area contributed by atoms with E-state index in [1.807, 2.05) is 25.1 Å². The number of carbonyl (C=O) groups is 1. The van der Waals surface area contributed by atoms with Gasteiger partial charge in [-0.25, -0.2) is 0 Å². The van der Waals surface area contributed by atoms with Crippen LogP contribution in [-0.2, 0) is 6.42 Å². The summed E-state index contributed by atoms with van der Waals surface area (Å²) in [5.74, 6) is 0.850. The molecule has 0 bridgehead atoms. The number of Topliss-reactive ketones (excluding diaryl/α,β-unsaturated/α-hetero) is 1. The second-order valence-corrected chi connectivity index (χ2v) is 5.66. The number of hydrogen-bond acceptors (Lipinski definition) is 1. The molecule has 1 heteroatoms. The van der Waals surface area contributed by atoms with Gasteiger partial charge in [-0.15, -0.1) is 0 Å². The van der Waals surface area contributed by atoms with Crippen LogP contribution in [-0.4, -0.2) is 5.78 Å². The van der Waals surface area contributed by atoms with Crippen molar-refractivity contribution in [1.82, 2.24) is 0 Å². The zero-order valence-corrected chi connectivity index (χ0v) is 12.5. The Bertz CT molecular complexity index is 596. The highest BCUT2D eigenvalue weighted by Crippen LogP contribution is 2.23. The highest BCUT2D eigenvalue weighted by Gasteiger charge is 2.06. The first-order valence-corrected chi connectivity index (χ1v) is 7.32. The maximum Gasteiger partial charge on any atom is 0.162 e. The van der Waals surface area contributed by atoms with Gasteiger partial charge in [0, 0.05) is 12.0 Å². The van der Waals surface area contributed by atoms with Crippen LogP contribution in [0.5, 0.6) is 0 Å². The normalized spacial score (nSPS) is 10.8. The predicted octanol–water partition coefficient (Wildman–Crippen LogP) is 5.14. The van der Waals surface area contributed by atoms with Crippen LogP contribution in [0.2, 0.25) is 0 Å². The van der Waals surface area contributed by atoms with E-state index in [-0.39, 0.29) is 5.78 Å². The lowest BCUT2D eigenvalue weighted by Crippen LogP contribution is -1.97. The molecule has 0 aliphatic carbocycles. The Morgan fingerprint density at radius 1 is 1.00 bits per heavy atom. The van der Waals surface area contributed by atoms with Gasteiger partial charge in [0.05, 0.1) is 0 Å². The highest BCUT2D eigenvalue weighted by atomic mass is 16.1. The van der Waals surface area contributed by atoms with Crippen molar-refractivity contribution in [2.24, 2.45) is 5.92 Å². The first-order valence-electron chi connectivity index (χ1n) is 7.32. The van der Waals surface area contributed by atoms with Crippen molar-refractivity contribution in [1.29, 1.82) is 0 Å². The Morgan fingerprint density at radius 2 is 1.65 bits per heavy atom. The largest absolute Gasteiger partial charge is 0.294 e. The number of ketones is 1. The first-order chi connectivity index (χ1) is 9.60. The van der Waals surface area contributed by atoms with Gasteiger partial charge in [0.1, 0.15) is 0 Å². The molecule has 104 valence electrons. The second-order valence-electron chi connectivity index (χ2n) is 5.66. The maximum absolute atomic E-state index is 11.8. The maximum atomic E-state index is 11.8. The van der Waals surface area contributed by atoms with Crippen LogP contribution in [0.1, 0.15) is 43.1 Å². The fourth-order valence-electron chi connectivity index (χ4n) is 2.43. The monoisotopic (exact) mass is 266 g/mol. The third-order valence-corrected chi connectivity index (χ3v) is 3.41. The Kier molecular flexibility index (Phi) is 4.73. The fraction of sp³-hybridized carbons (Fsp3) is 0.316. The molecule has 0 aliphatic rings. The molecule has 0 amide bonds. The zero-order valence-electron chi connectivity index (χ0n) is 12.5. The minimum Gasteiger partial charge on any atom is -0.294 e. The molecule has 2 aromatic rings. The van der Waals surface area contributed by atoms with E-state index in [1.54, 1.807) is 0 Å². The summed E-state index contributed by atoms with van der Waals surface area (Å²) < 4.78 is 0. The van der Waals surface area contributed by atoms with E-state index in [0.717, 1.165) is 17.5 Å². The molecule has 2 aromatic carbocycles. The second kappa shape index (κ2) is 6.51. The molecule has 20 heavy (non-hydrogen) atoms. The lowest BCUT2D eigenvalue weighted by Gasteiger charge is -2.09. The Morgan fingerprint density at radius 3 is 2.30 bits per heavy atom. The third kappa shape index (κ3) is 3.57. The van der Waals surface area contributed by atoms with Crippen molar-refractivity contribution >= 4 is 5.78 Å². The summed E-state index contributed by atoms with van der Waals surface area (Å²) in [7, 11) is 0. The topological polar surface area (TPSA) is 17.1 Å². The number of hydrogen-bond donors (Lipinski definition) is 0. The van der Waals surface area contributed by atoms with Crippen LogP contribution >= 0.6 is 0 Å². The molecule has 0 aromatic heterocycles. The van der Waals surface area contributed by atoms with Crippen molar-refractivity contribution < 1.29 is 4.79 Å². The Balaban J connectivity index is 2.34. The molecule has 0 atom stereocenters. The molecule has 0 spiro atoms. The van der Waals surface area contributed by atoms with E-state index >= 15 is 0 Å². The fourth-order valence-corrected chi connectivity index (χ4v) is 2.43. The van der Waals surface area contributed by atoms with E-state index in [9.17, 15) is 4.79 Å². The van der Waals surface area contributed by atoms with Gasteiger partial charge in [0.15, 0.2) is 5.78 Å². The molecule has 0 unspecified atom stereocenters. The van der Waals surface area contributed by atoms with Crippen molar-refractivity contribution in [2.45, 2.75) is 33.6 Å². The van der Waals surface area contributed by atoms with Gasteiger partial charge < -0.3 is 0 Å². The van der Waals surface area contributed by atoms with Crippen molar-refractivity contribution in [3.63, 3.8) is 0 Å². The summed E-state index contributed by atoms with van der Waals surface area (Å²) >= 11 is 0. The molecule has 0 fully saturated rings. The molecule has 0 N–H and O–H groups in total. The summed E-state index contributed by atoms with van der Waals surface area (Å²) in [5.41, 5.74) is 4.47. The zero-order chi connectivity index (χ0) is 14.5. The van der Waals surface area contributed by atoms with E-state index in [0.29, 0.717) is 12.3 Å². The van der Waals surface area contributed by atoms with Gasteiger partial charge in [-0.1, -0.05) is 63.2 Å². The van der Waals surface area contributed by atoms with Gasteiger partial charge in [0.2, 0.25) is 0 Å². The third-order valence-electron chi connectivity index (χ3n) is 3.41. The first kappa shape index (κ1) is 14.5. The van der Waals surface area contributed by atoms with E-state index < -0.39 is 0 Å². The smallest absolute Gasteiger partial charge is 0.162 e. The molecule has 0 saturated heterocycles. The predicted molar refractivity (Wildman–Crippen MR) is 85.0 cm³/mol. The summed E-state index contributed by atoms with van der Waals surface area (Å²) in [6.45, 7) is 6.36. The summed E-state index contributed by atoms with van der Waals surface area (Å²) in [5, 5.41) is 0. The van der Waals surface area contributed by atoms with Gasteiger partial charge in [0.25, 0.3) is 0 Å². The molecular formula is C19H22O. The molecule has 0 aliphatic heterocycles. The van der Waals surface area contributed by atoms with Gasteiger partial charge in [-0.2, -0.15) is 0 Å². The molecule has 1 nitrogen and oxygen atoms in total. The van der Waals surface area contributed by atoms with E-state index in [1.165, 1.54) is 11.1 Å². The molecule has 0 saturated carbocycles.